The molecule has 2 rings (SSSR count). The first-order chi connectivity index (χ1) is 8.86. The summed E-state index contributed by atoms with van der Waals surface area (Å²) in [5.74, 6) is 0. The summed E-state index contributed by atoms with van der Waals surface area (Å²) >= 11 is 0. The van der Waals surface area contributed by atoms with Gasteiger partial charge in [0.2, 0.25) is 0 Å². The van der Waals surface area contributed by atoms with Gasteiger partial charge < -0.3 is 0 Å². The van der Waals surface area contributed by atoms with Crippen molar-refractivity contribution in [1.29, 1.82) is 0 Å². The lowest BCUT2D eigenvalue weighted by Crippen LogP contribution is -2.29. The van der Waals surface area contributed by atoms with Gasteiger partial charge in [0, 0.05) is 0 Å². The highest BCUT2D eigenvalue weighted by Gasteiger charge is 2.19. The Kier molecular flexibility index (Phi) is 6.82. The Morgan fingerprint density at radius 2 is 1.11 bits per heavy atom. The maximum Gasteiger partial charge on any atom is 0.0601 e. The predicted octanol–water partition coefficient (Wildman–Crippen LogP) is 4.70. The van der Waals surface area contributed by atoms with E-state index in [1.54, 1.807) is 0 Å². The summed E-state index contributed by atoms with van der Waals surface area (Å²) in [5, 5.41) is 0. The van der Waals surface area contributed by atoms with E-state index >= 15 is 0 Å². The summed E-state index contributed by atoms with van der Waals surface area (Å²) in [6.07, 6.45) is 0. The van der Waals surface area contributed by atoms with Crippen LogP contribution in [0, 0.1) is 0 Å². The molecule has 2 aromatic rings. The first-order valence-electron chi connectivity index (χ1n) is 6.70. The van der Waals surface area contributed by atoms with Crippen LogP contribution in [0.4, 0.5) is 0 Å². The van der Waals surface area contributed by atoms with Gasteiger partial charge in [-0.25, -0.2) is 0 Å². The number of rotatable bonds is 5. The fraction of sp³-hybridized carbons (Fsp3) is 0.294. The van der Waals surface area contributed by atoms with Gasteiger partial charge in [0.15, 0.2) is 0 Å². The molecule has 0 atom stereocenters. The highest BCUT2D eigenvalue weighted by molar-refractivity contribution is 8.93. The Labute approximate surface area is 127 Å². The zero-order valence-corrected chi connectivity index (χ0v) is 13.3. The van der Waals surface area contributed by atoms with Crippen molar-refractivity contribution in [2.75, 3.05) is 13.1 Å². The summed E-state index contributed by atoms with van der Waals surface area (Å²) in [4.78, 5) is 2.49. The van der Waals surface area contributed by atoms with Gasteiger partial charge >= 0.3 is 0 Å². The molecule has 0 aliphatic rings. The van der Waals surface area contributed by atoms with E-state index in [9.17, 15) is 0 Å². The zero-order valence-electron chi connectivity index (χ0n) is 11.6. The molecule has 0 saturated heterocycles. The van der Waals surface area contributed by atoms with E-state index in [-0.39, 0.29) is 17.0 Å². The Hall–Kier alpha value is -1.12. The Morgan fingerprint density at radius 3 is 1.42 bits per heavy atom. The standard InChI is InChI=1S/C17H21N.BrH/c1-3-18(4-2)17(15-11-7-5-8-12-15)16-13-9-6-10-14-16;/h5-14,17H,3-4H2,1-2H3;1H. The van der Waals surface area contributed by atoms with Gasteiger partial charge in [-0.3, -0.25) is 4.90 Å². The molecule has 0 N–H and O–H groups in total. The average Bonchev–Trinajstić information content (AvgIpc) is 2.46. The fourth-order valence-corrected chi connectivity index (χ4v) is 2.47. The van der Waals surface area contributed by atoms with Crippen LogP contribution in [-0.2, 0) is 0 Å². The molecule has 2 heteroatoms. The second kappa shape index (κ2) is 8.13. The number of hydrogen-bond acceptors (Lipinski definition) is 1. The van der Waals surface area contributed by atoms with E-state index < -0.39 is 0 Å². The van der Waals surface area contributed by atoms with Crippen LogP contribution in [0.3, 0.4) is 0 Å². The smallest absolute Gasteiger partial charge is 0.0601 e. The molecule has 1 nitrogen and oxygen atoms in total. The Balaban J connectivity index is 0.00000180. The molecule has 0 heterocycles. The lowest BCUT2D eigenvalue weighted by atomic mass is 9.97. The predicted molar refractivity (Wildman–Crippen MR) is 88.0 cm³/mol. The third-order valence-corrected chi connectivity index (χ3v) is 3.41. The van der Waals surface area contributed by atoms with Crippen molar-refractivity contribution in [3.63, 3.8) is 0 Å². The lowest BCUT2D eigenvalue weighted by molar-refractivity contribution is 0.250. The SMILES string of the molecule is Br.CCN(CC)C(c1ccccc1)c1ccccc1. The molecule has 0 saturated carbocycles. The molecular weight excluding hydrogens is 298 g/mol. The Bertz CT molecular complexity index is 412. The minimum atomic E-state index is 0. The minimum absolute atomic E-state index is 0. The maximum absolute atomic E-state index is 2.49. The van der Waals surface area contributed by atoms with E-state index in [2.05, 4.69) is 79.4 Å². The van der Waals surface area contributed by atoms with Crippen molar-refractivity contribution < 1.29 is 0 Å². The summed E-state index contributed by atoms with van der Waals surface area (Å²) in [5.41, 5.74) is 2.74. The lowest BCUT2D eigenvalue weighted by Gasteiger charge is -2.30. The third kappa shape index (κ3) is 3.92. The number of hydrogen-bond donors (Lipinski definition) is 0. The molecule has 0 amide bonds. The first kappa shape index (κ1) is 15.9. The van der Waals surface area contributed by atoms with Crippen molar-refractivity contribution in [2.24, 2.45) is 0 Å². The van der Waals surface area contributed by atoms with Gasteiger partial charge in [0.05, 0.1) is 6.04 Å². The van der Waals surface area contributed by atoms with Crippen LogP contribution >= 0.6 is 17.0 Å². The minimum Gasteiger partial charge on any atom is -0.293 e. The molecule has 0 bridgehead atoms. The molecule has 0 spiro atoms. The van der Waals surface area contributed by atoms with Crippen molar-refractivity contribution in [2.45, 2.75) is 19.9 Å². The second-order valence-electron chi connectivity index (χ2n) is 4.45. The van der Waals surface area contributed by atoms with E-state index in [1.165, 1.54) is 11.1 Å². The van der Waals surface area contributed by atoms with Crippen LogP contribution in [0.25, 0.3) is 0 Å². The van der Waals surface area contributed by atoms with E-state index in [0.717, 1.165) is 13.1 Å². The molecular formula is C17H22BrN. The summed E-state index contributed by atoms with van der Waals surface area (Å²) in [7, 11) is 0. The summed E-state index contributed by atoms with van der Waals surface area (Å²) in [6, 6.07) is 21.9. The molecule has 0 unspecified atom stereocenters. The van der Waals surface area contributed by atoms with Crippen molar-refractivity contribution in [3.8, 4) is 0 Å². The van der Waals surface area contributed by atoms with Gasteiger partial charge in [-0.05, 0) is 24.2 Å². The van der Waals surface area contributed by atoms with E-state index in [1.807, 2.05) is 0 Å². The largest absolute Gasteiger partial charge is 0.293 e. The van der Waals surface area contributed by atoms with Gasteiger partial charge in [0.25, 0.3) is 0 Å². The van der Waals surface area contributed by atoms with Crippen LogP contribution < -0.4 is 0 Å². The average molecular weight is 320 g/mol. The summed E-state index contributed by atoms with van der Waals surface area (Å²) in [6.45, 7) is 6.57. The molecule has 0 aliphatic carbocycles. The highest BCUT2D eigenvalue weighted by Crippen LogP contribution is 2.27. The van der Waals surface area contributed by atoms with Crippen molar-refractivity contribution in [1.82, 2.24) is 4.90 Å². The van der Waals surface area contributed by atoms with Crippen LogP contribution in [0.1, 0.15) is 31.0 Å². The van der Waals surface area contributed by atoms with Crippen LogP contribution in [-0.4, -0.2) is 18.0 Å². The van der Waals surface area contributed by atoms with Gasteiger partial charge in [-0.15, -0.1) is 17.0 Å². The first-order valence-corrected chi connectivity index (χ1v) is 6.70. The number of benzene rings is 2. The normalized spacial score (nSPS) is 10.5. The van der Waals surface area contributed by atoms with Crippen molar-refractivity contribution in [3.05, 3.63) is 71.8 Å². The molecule has 2 aromatic carbocycles. The zero-order chi connectivity index (χ0) is 12.8. The summed E-state index contributed by atoms with van der Waals surface area (Å²) < 4.78 is 0. The van der Waals surface area contributed by atoms with Crippen LogP contribution in [0.5, 0.6) is 0 Å². The van der Waals surface area contributed by atoms with Crippen molar-refractivity contribution >= 4 is 17.0 Å². The molecule has 19 heavy (non-hydrogen) atoms. The molecule has 0 radical (unpaired) electrons. The quantitative estimate of drug-likeness (QED) is 0.772. The second-order valence-corrected chi connectivity index (χ2v) is 4.45. The van der Waals surface area contributed by atoms with E-state index in [0.29, 0.717) is 6.04 Å². The Morgan fingerprint density at radius 1 is 0.737 bits per heavy atom. The number of nitrogens with zero attached hydrogens (tertiary/aromatic N) is 1. The topological polar surface area (TPSA) is 3.24 Å². The molecule has 0 fully saturated rings. The maximum atomic E-state index is 2.49. The highest BCUT2D eigenvalue weighted by atomic mass is 79.9. The molecule has 102 valence electrons. The van der Waals surface area contributed by atoms with Crippen LogP contribution in [0.2, 0.25) is 0 Å². The molecule has 0 aromatic heterocycles. The van der Waals surface area contributed by atoms with Gasteiger partial charge in [-0.2, -0.15) is 0 Å². The van der Waals surface area contributed by atoms with Crippen LogP contribution in [0.15, 0.2) is 60.7 Å². The van der Waals surface area contributed by atoms with E-state index in [4.69, 9.17) is 0 Å². The fourth-order valence-electron chi connectivity index (χ4n) is 2.47. The van der Waals surface area contributed by atoms with Gasteiger partial charge in [0.1, 0.15) is 0 Å². The van der Waals surface area contributed by atoms with Gasteiger partial charge in [-0.1, -0.05) is 74.5 Å². The third-order valence-electron chi connectivity index (χ3n) is 3.41. The monoisotopic (exact) mass is 319 g/mol. The molecule has 0 aliphatic heterocycles. The number of halogens is 1.